The number of benzene rings is 1. The molecule has 1 aromatic carbocycles. The van der Waals surface area contributed by atoms with Gasteiger partial charge in [0, 0.05) is 30.3 Å². The second-order valence-electron chi connectivity index (χ2n) is 8.01. The standard InChI is InChI=1S/C25H21F2N5O3/c1-35-22-7-5-17(13-30-22)3-2-16-4-6-21-20(10-16)19(8-9-29-21)24(34)31-14-23(33)32-15-25(26,27)11-18(32)12-28/h2-10,13,18H,11,14-15H2,1H3,(H,31,34)/b3-2+. The van der Waals surface area contributed by atoms with E-state index in [9.17, 15) is 18.4 Å². The van der Waals surface area contributed by atoms with E-state index in [2.05, 4.69) is 15.3 Å². The molecule has 0 aliphatic carbocycles. The number of ether oxygens (including phenoxy) is 1. The summed E-state index contributed by atoms with van der Waals surface area (Å²) in [5, 5.41) is 12.1. The van der Waals surface area contributed by atoms with Crippen LogP contribution in [0, 0.1) is 11.3 Å². The van der Waals surface area contributed by atoms with E-state index < -0.39 is 43.3 Å². The maximum atomic E-state index is 13.6. The van der Waals surface area contributed by atoms with E-state index in [1.54, 1.807) is 37.6 Å². The number of nitriles is 1. The van der Waals surface area contributed by atoms with Crippen LogP contribution in [0.15, 0.2) is 48.8 Å². The number of amides is 2. The first kappa shape index (κ1) is 23.8. The van der Waals surface area contributed by atoms with Gasteiger partial charge >= 0.3 is 0 Å². The lowest BCUT2D eigenvalue weighted by Gasteiger charge is -2.19. The first-order chi connectivity index (χ1) is 16.8. The van der Waals surface area contributed by atoms with Gasteiger partial charge in [-0.3, -0.25) is 14.6 Å². The number of alkyl halides is 2. The third-order valence-electron chi connectivity index (χ3n) is 5.59. The molecule has 0 spiro atoms. The zero-order valence-electron chi connectivity index (χ0n) is 18.7. The van der Waals surface area contributed by atoms with Crippen molar-refractivity contribution in [3.05, 3.63) is 65.5 Å². The van der Waals surface area contributed by atoms with Crippen molar-refractivity contribution in [1.29, 1.82) is 5.26 Å². The number of carbonyl (C=O) groups excluding carboxylic acids is 2. The van der Waals surface area contributed by atoms with Gasteiger partial charge in [0.1, 0.15) is 6.04 Å². The number of hydrogen-bond acceptors (Lipinski definition) is 6. The van der Waals surface area contributed by atoms with Gasteiger partial charge in [0.15, 0.2) is 0 Å². The number of methoxy groups -OCH3 is 1. The molecule has 178 valence electrons. The summed E-state index contributed by atoms with van der Waals surface area (Å²) >= 11 is 0. The second kappa shape index (κ2) is 9.85. The summed E-state index contributed by atoms with van der Waals surface area (Å²) < 4.78 is 32.3. The second-order valence-corrected chi connectivity index (χ2v) is 8.01. The number of rotatable bonds is 6. The molecule has 35 heavy (non-hydrogen) atoms. The van der Waals surface area contributed by atoms with Crippen molar-refractivity contribution in [3.63, 3.8) is 0 Å². The molecular formula is C25H21F2N5O3. The number of fused-ring (bicyclic) bond motifs is 1. The van der Waals surface area contributed by atoms with Crippen LogP contribution in [-0.2, 0) is 4.79 Å². The third-order valence-corrected chi connectivity index (χ3v) is 5.59. The summed E-state index contributed by atoms with van der Waals surface area (Å²) in [6.45, 7) is -1.33. The van der Waals surface area contributed by atoms with E-state index in [1.165, 1.54) is 12.3 Å². The Labute approximate surface area is 199 Å². The van der Waals surface area contributed by atoms with Gasteiger partial charge < -0.3 is 15.0 Å². The molecule has 10 heteroatoms. The first-order valence-electron chi connectivity index (χ1n) is 10.7. The maximum absolute atomic E-state index is 13.6. The van der Waals surface area contributed by atoms with Gasteiger partial charge in [-0.15, -0.1) is 0 Å². The number of likely N-dealkylation sites (tertiary alicyclic amines) is 1. The van der Waals surface area contributed by atoms with Crippen molar-refractivity contribution in [2.75, 3.05) is 20.2 Å². The van der Waals surface area contributed by atoms with Crippen molar-refractivity contribution in [2.24, 2.45) is 0 Å². The summed E-state index contributed by atoms with van der Waals surface area (Å²) in [5.41, 5.74) is 2.53. The quantitative estimate of drug-likeness (QED) is 0.584. The lowest BCUT2D eigenvalue weighted by Crippen LogP contribution is -2.43. The van der Waals surface area contributed by atoms with Crippen LogP contribution in [0.5, 0.6) is 5.88 Å². The number of halogens is 2. The van der Waals surface area contributed by atoms with Crippen LogP contribution in [0.2, 0.25) is 0 Å². The van der Waals surface area contributed by atoms with E-state index in [4.69, 9.17) is 10.00 Å². The highest BCUT2D eigenvalue weighted by molar-refractivity contribution is 6.07. The van der Waals surface area contributed by atoms with Crippen LogP contribution in [0.25, 0.3) is 23.1 Å². The highest BCUT2D eigenvalue weighted by atomic mass is 19.3. The molecule has 0 bridgehead atoms. The van der Waals surface area contributed by atoms with E-state index in [0.29, 0.717) is 16.8 Å². The zero-order chi connectivity index (χ0) is 25.0. The van der Waals surface area contributed by atoms with E-state index in [-0.39, 0.29) is 5.56 Å². The van der Waals surface area contributed by atoms with Crippen molar-refractivity contribution < 1.29 is 23.1 Å². The Kier molecular flexibility index (Phi) is 6.68. The van der Waals surface area contributed by atoms with Crippen LogP contribution in [0.3, 0.4) is 0 Å². The molecule has 1 atom stereocenters. The van der Waals surface area contributed by atoms with Crippen LogP contribution < -0.4 is 10.1 Å². The predicted molar refractivity (Wildman–Crippen MR) is 124 cm³/mol. The van der Waals surface area contributed by atoms with Crippen LogP contribution in [0.1, 0.15) is 27.9 Å². The molecule has 1 unspecified atom stereocenters. The van der Waals surface area contributed by atoms with Gasteiger partial charge in [-0.2, -0.15) is 5.26 Å². The van der Waals surface area contributed by atoms with Gasteiger partial charge in [-0.25, -0.2) is 13.8 Å². The van der Waals surface area contributed by atoms with Gasteiger partial charge in [-0.05, 0) is 35.4 Å². The van der Waals surface area contributed by atoms with E-state index in [1.807, 2.05) is 24.3 Å². The molecule has 3 aromatic rings. The van der Waals surface area contributed by atoms with E-state index >= 15 is 0 Å². The first-order valence-corrected chi connectivity index (χ1v) is 10.7. The third kappa shape index (κ3) is 5.41. The zero-order valence-corrected chi connectivity index (χ0v) is 18.7. The van der Waals surface area contributed by atoms with Crippen LogP contribution in [-0.4, -0.2) is 58.8 Å². The van der Waals surface area contributed by atoms with Gasteiger partial charge in [0.05, 0.1) is 37.3 Å². The molecule has 1 N–H and O–H groups in total. The Morgan fingerprint density at radius 2 is 2.00 bits per heavy atom. The van der Waals surface area contributed by atoms with Crippen molar-refractivity contribution in [2.45, 2.75) is 18.4 Å². The summed E-state index contributed by atoms with van der Waals surface area (Å²) in [6, 6.07) is 11.0. The molecular weight excluding hydrogens is 456 g/mol. The average molecular weight is 477 g/mol. The lowest BCUT2D eigenvalue weighted by atomic mass is 10.0. The Morgan fingerprint density at radius 1 is 1.23 bits per heavy atom. The Morgan fingerprint density at radius 3 is 2.71 bits per heavy atom. The fourth-order valence-corrected chi connectivity index (χ4v) is 3.82. The fourth-order valence-electron chi connectivity index (χ4n) is 3.82. The van der Waals surface area contributed by atoms with Crippen LogP contribution in [0.4, 0.5) is 8.78 Å². The monoisotopic (exact) mass is 477 g/mol. The molecule has 1 aliphatic heterocycles. The molecule has 8 nitrogen and oxygen atoms in total. The Balaban J connectivity index is 1.49. The van der Waals surface area contributed by atoms with Crippen molar-refractivity contribution in [1.82, 2.24) is 20.2 Å². The minimum absolute atomic E-state index is 0.285. The molecule has 2 aromatic heterocycles. The van der Waals surface area contributed by atoms with Gasteiger partial charge in [0.25, 0.3) is 11.8 Å². The molecule has 4 rings (SSSR count). The largest absolute Gasteiger partial charge is 0.481 e. The summed E-state index contributed by atoms with van der Waals surface area (Å²) in [7, 11) is 1.54. The topological polar surface area (TPSA) is 108 Å². The Hall–Kier alpha value is -4.39. The molecule has 3 heterocycles. The number of hydrogen-bond donors (Lipinski definition) is 1. The minimum atomic E-state index is -3.12. The number of carbonyl (C=O) groups is 2. The summed E-state index contributed by atoms with van der Waals surface area (Å²) in [5.74, 6) is -3.90. The molecule has 1 saturated heterocycles. The molecule has 0 radical (unpaired) electrons. The predicted octanol–water partition coefficient (Wildman–Crippen LogP) is 3.30. The van der Waals surface area contributed by atoms with Gasteiger partial charge in [-0.1, -0.05) is 18.2 Å². The highest BCUT2D eigenvalue weighted by Gasteiger charge is 2.47. The molecule has 2 amide bonds. The number of nitrogens with zero attached hydrogens (tertiary/aromatic N) is 4. The van der Waals surface area contributed by atoms with Crippen LogP contribution >= 0.6 is 0 Å². The normalized spacial score (nSPS) is 16.9. The van der Waals surface area contributed by atoms with E-state index in [0.717, 1.165) is 16.0 Å². The smallest absolute Gasteiger partial charge is 0.268 e. The molecule has 0 saturated carbocycles. The molecule has 1 fully saturated rings. The highest BCUT2D eigenvalue weighted by Crippen LogP contribution is 2.31. The number of nitrogens with one attached hydrogen (secondary N) is 1. The lowest BCUT2D eigenvalue weighted by molar-refractivity contribution is -0.131. The Bertz CT molecular complexity index is 1340. The van der Waals surface area contributed by atoms with Crippen molar-refractivity contribution in [3.8, 4) is 11.9 Å². The number of aromatic nitrogens is 2. The number of pyridine rings is 2. The maximum Gasteiger partial charge on any atom is 0.268 e. The summed E-state index contributed by atoms with van der Waals surface area (Å²) in [6.07, 6.45) is 6.16. The minimum Gasteiger partial charge on any atom is -0.481 e. The van der Waals surface area contributed by atoms with Gasteiger partial charge in [0.2, 0.25) is 11.8 Å². The SMILES string of the molecule is COc1ccc(/C=C/c2ccc3nccc(C(=O)NCC(=O)N4CC(F)(F)CC4C#N)c3c2)cn1. The fraction of sp³-hybridized carbons (Fsp3) is 0.240. The van der Waals surface area contributed by atoms with Crippen molar-refractivity contribution >= 4 is 34.9 Å². The summed E-state index contributed by atoms with van der Waals surface area (Å²) in [4.78, 5) is 34.5. The molecule has 1 aliphatic rings. The average Bonchev–Trinajstić information content (AvgIpc) is 3.20.